The molecule has 0 aliphatic carbocycles. The standard InChI is InChI=1S/C21H24N6O3S/c1-14-5-4-10-22-20(14)24-19(29)13-31-21-26-25-17(27(21)2)12-23-18(28)11-15-6-8-16(30-3)9-7-15/h4-10H,11-13H2,1-3H3,(H,23,28)(H,22,24,29). The van der Waals surface area contributed by atoms with Crippen LogP contribution in [-0.4, -0.2) is 44.4 Å². The second kappa shape index (κ2) is 10.6. The van der Waals surface area contributed by atoms with Crippen molar-refractivity contribution >= 4 is 29.4 Å². The summed E-state index contributed by atoms with van der Waals surface area (Å²) in [4.78, 5) is 28.6. The van der Waals surface area contributed by atoms with Crippen molar-refractivity contribution in [2.45, 2.75) is 25.0 Å². The van der Waals surface area contributed by atoms with Crippen LogP contribution in [0.5, 0.6) is 5.75 Å². The SMILES string of the molecule is COc1ccc(CC(=O)NCc2nnc(SCC(=O)Nc3ncccc3C)n2C)cc1. The van der Waals surface area contributed by atoms with Gasteiger partial charge in [0.2, 0.25) is 11.8 Å². The molecular weight excluding hydrogens is 416 g/mol. The van der Waals surface area contributed by atoms with Crippen molar-refractivity contribution in [3.8, 4) is 5.75 Å². The number of anilines is 1. The lowest BCUT2D eigenvalue weighted by Crippen LogP contribution is -2.26. The lowest BCUT2D eigenvalue weighted by molar-refractivity contribution is -0.120. The average Bonchev–Trinajstić information content (AvgIpc) is 3.12. The monoisotopic (exact) mass is 440 g/mol. The van der Waals surface area contributed by atoms with Crippen LogP contribution in [0.25, 0.3) is 0 Å². The largest absolute Gasteiger partial charge is 0.497 e. The van der Waals surface area contributed by atoms with Gasteiger partial charge in [0.05, 0.1) is 25.8 Å². The molecule has 2 N–H and O–H groups in total. The molecular formula is C21H24N6O3S. The molecule has 10 heteroatoms. The van der Waals surface area contributed by atoms with E-state index in [0.29, 0.717) is 16.8 Å². The number of nitrogens with one attached hydrogen (secondary N) is 2. The Labute approximate surface area is 184 Å². The first-order valence-electron chi connectivity index (χ1n) is 9.58. The van der Waals surface area contributed by atoms with E-state index in [0.717, 1.165) is 16.9 Å². The van der Waals surface area contributed by atoms with Crippen LogP contribution in [0.15, 0.2) is 47.8 Å². The molecule has 162 valence electrons. The minimum absolute atomic E-state index is 0.118. The fraction of sp³-hybridized carbons (Fsp3) is 0.286. The summed E-state index contributed by atoms with van der Waals surface area (Å²) in [5.41, 5.74) is 1.79. The van der Waals surface area contributed by atoms with Crippen molar-refractivity contribution in [3.63, 3.8) is 0 Å². The predicted molar refractivity (Wildman–Crippen MR) is 118 cm³/mol. The Morgan fingerprint density at radius 2 is 1.90 bits per heavy atom. The molecule has 0 atom stereocenters. The van der Waals surface area contributed by atoms with Crippen molar-refractivity contribution in [2.75, 3.05) is 18.2 Å². The van der Waals surface area contributed by atoms with Gasteiger partial charge in [-0.25, -0.2) is 4.98 Å². The van der Waals surface area contributed by atoms with Crippen LogP contribution in [0.2, 0.25) is 0 Å². The Morgan fingerprint density at radius 1 is 1.13 bits per heavy atom. The Bertz CT molecular complexity index is 1050. The molecule has 1 aromatic carbocycles. The number of carbonyl (C=O) groups excluding carboxylic acids is 2. The number of rotatable bonds is 9. The molecule has 0 saturated carbocycles. The van der Waals surface area contributed by atoms with Gasteiger partial charge in [-0.2, -0.15) is 0 Å². The zero-order valence-electron chi connectivity index (χ0n) is 17.6. The van der Waals surface area contributed by atoms with E-state index in [1.807, 2.05) is 43.3 Å². The first-order chi connectivity index (χ1) is 15.0. The van der Waals surface area contributed by atoms with Gasteiger partial charge in [0.1, 0.15) is 11.6 Å². The van der Waals surface area contributed by atoms with Gasteiger partial charge in [0, 0.05) is 13.2 Å². The van der Waals surface area contributed by atoms with Gasteiger partial charge >= 0.3 is 0 Å². The van der Waals surface area contributed by atoms with Crippen LogP contribution in [0, 0.1) is 6.92 Å². The first-order valence-corrected chi connectivity index (χ1v) is 10.6. The number of nitrogens with zero attached hydrogens (tertiary/aromatic N) is 4. The van der Waals surface area contributed by atoms with E-state index in [1.54, 1.807) is 24.9 Å². The number of pyridine rings is 1. The molecule has 2 heterocycles. The summed E-state index contributed by atoms with van der Waals surface area (Å²) in [7, 11) is 3.40. The van der Waals surface area contributed by atoms with E-state index in [-0.39, 0.29) is 30.5 Å². The van der Waals surface area contributed by atoms with E-state index in [9.17, 15) is 9.59 Å². The average molecular weight is 441 g/mol. The summed E-state index contributed by atoms with van der Waals surface area (Å²) in [5.74, 6) is 1.78. The fourth-order valence-electron chi connectivity index (χ4n) is 2.71. The maximum absolute atomic E-state index is 12.2. The van der Waals surface area contributed by atoms with Crippen LogP contribution >= 0.6 is 11.8 Å². The minimum atomic E-state index is -0.177. The van der Waals surface area contributed by atoms with Crippen molar-refractivity contribution < 1.29 is 14.3 Å². The number of hydrogen-bond donors (Lipinski definition) is 2. The summed E-state index contributed by atoms with van der Waals surface area (Å²) >= 11 is 1.27. The number of aromatic nitrogens is 4. The van der Waals surface area contributed by atoms with E-state index >= 15 is 0 Å². The zero-order valence-corrected chi connectivity index (χ0v) is 18.4. The Hall–Kier alpha value is -3.40. The molecule has 2 aromatic heterocycles. The minimum Gasteiger partial charge on any atom is -0.497 e. The Morgan fingerprint density at radius 3 is 2.61 bits per heavy atom. The Balaban J connectivity index is 1.47. The molecule has 0 fully saturated rings. The molecule has 0 bridgehead atoms. The van der Waals surface area contributed by atoms with Crippen LogP contribution in [-0.2, 0) is 29.6 Å². The number of benzene rings is 1. The summed E-state index contributed by atoms with van der Waals surface area (Å²) in [6.45, 7) is 2.13. The fourth-order valence-corrected chi connectivity index (χ4v) is 3.44. The molecule has 3 rings (SSSR count). The molecule has 31 heavy (non-hydrogen) atoms. The van der Waals surface area contributed by atoms with E-state index in [4.69, 9.17) is 4.74 Å². The van der Waals surface area contributed by atoms with Crippen LogP contribution in [0.4, 0.5) is 5.82 Å². The highest BCUT2D eigenvalue weighted by Crippen LogP contribution is 2.17. The van der Waals surface area contributed by atoms with Crippen LogP contribution < -0.4 is 15.4 Å². The van der Waals surface area contributed by atoms with Crippen molar-refractivity contribution in [1.29, 1.82) is 0 Å². The number of methoxy groups -OCH3 is 1. The van der Waals surface area contributed by atoms with Gasteiger partial charge in [-0.3, -0.25) is 9.59 Å². The molecule has 9 nitrogen and oxygen atoms in total. The second-order valence-electron chi connectivity index (χ2n) is 6.77. The number of amides is 2. The summed E-state index contributed by atoms with van der Waals surface area (Å²) in [6.07, 6.45) is 1.89. The quantitative estimate of drug-likeness (QED) is 0.490. The molecule has 0 aliphatic rings. The van der Waals surface area contributed by atoms with Gasteiger partial charge < -0.3 is 19.9 Å². The van der Waals surface area contributed by atoms with Crippen LogP contribution in [0.1, 0.15) is 17.0 Å². The normalized spacial score (nSPS) is 10.5. The number of carbonyl (C=O) groups is 2. The molecule has 0 saturated heterocycles. The first kappa shape index (κ1) is 22.3. The van der Waals surface area contributed by atoms with Crippen LogP contribution in [0.3, 0.4) is 0 Å². The van der Waals surface area contributed by atoms with Gasteiger partial charge in [0.25, 0.3) is 0 Å². The van der Waals surface area contributed by atoms with Gasteiger partial charge in [-0.15, -0.1) is 10.2 Å². The third-order valence-electron chi connectivity index (χ3n) is 4.49. The lowest BCUT2D eigenvalue weighted by Gasteiger charge is -2.08. The zero-order chi connectivity index (χ0) is 22.2. The summed E-state index contributed by atoms with van der Waals surface area (Å²) < 4.78 is 6.88. The molecule has 0 unspecified atom stereocenters. The molecule has 0 radical (unpaired) electrons. The predicted octanol–water partition coefficient (Wildman–Crippen LogP) is 2.12. The maximum atomic E-state index is 12.2. The number of aryl methyl sites for hydroxylation is 1. The van der Waals surface area contributed by atoms with Crippen molar-refractivity contribution in [2.24, 2.45) is 7.05 Å². The second-order valence-corrected chi connectivity index (χ2v) is 7.71. The molecule has 2 amide bonds. The van der Waals surface area contributed by atoms with Crippen molar-refractivity contribution in [1.82, 2.24) is 25.1 Å². The highest BCUT2D eigenvalue weighted by molar-refractivity contribution is 7.99. The van der Waals surface area contributed by atoms with Gasteiger partial charge in [-0.05, 0) is 36.2 Å². The smallest absolute Gasteiger partial charge is 0.236 e. The van der Waals surface area contributed by atoms with E-state index in [2.05, 4.69) is 25.8 Å². The third kappa shape index (κ3) is 6.29. The molecule has 3 aromatic rings. The Kier molecular flexibility index (Phi) is 7.60. The third-order valence-corrected chi connectivity index (χ3v) is 5.51. The van der Waals surface area contributed by atoms with E-state index in [1.165, 1.54) is 11.8 Å². The lowest BCUT2D eigenvalue weighted by atomic mass is 10.1. The highest BCUT2D eigenvalue weighted by Gasteiger charge is 2.13. The van der Waals surface area contributed by atoms with Gasteiger partial charge in [0.15, 0.2) is 11.0 Å². The topological polar surface area (TPSA) is 111 Å². The summed E-state index contributed by atoms with van der Waals surface area (Å²) in [6, 6.07) is 11.0. The number of hydrogen-bond acceptors (Lipinski definition) is 7. The van der Waals surface area contributed by atoms with E-state index < -0.39 is 0 Å². The number of thioether (sulfide) groups is 1. The van der Waals surface area contributed by atoms with Gasteiger partial charge in [-0.1, -0.05) is 30.0 Å². The maximum Gasteiger partial charge on any atom is 0.236 e. The summed E-state index contributed by atoms with van der Waals surface area (Å²) in [5, 5.41) is 14.4. The van der Waals surface area contributed by atoms with Crippen molar-refractivity contribution in [3.05, 3.63) is 59.5 Å². The number of ether oxygens (including phenoxy) is 1. The highest BCUT2D eigenvalue weighted by atomic mass is 32.2. The molecule has 0 spiro atoms. The molecule has 0 aliphatic heterocycles.